The van der Waals surface area contributed by atoms with Crippen molar-refractivity contribution >= 4 is 23.8 Å². The van der Waals surface area contributed by atoms with Crippen LogP contribution in [0.5, 0.6) is 0 Å². The molecule has 17 heavy (non-hydrogen) atoms. The van der Waals surface area contributed by atoms with Crippen LogP contribution < -0.4 is 22.8 Å². The van der Waals surface area contributed by atoms with Gasteiger partial charge in [0.15, 0.2) is 0 Å². The second-order valence-electron chi connectivity index (χ2n) is 3.07. The van der Waals surface area contributed by atoms with Crippen LogP contribution >= 0.6 is 0 Å². The minimum absolute atomic E-state index is 0.0185. The van der Waals surface area contributed by atoms with Crippen LogP contribution in [-0.4, -0.2) is 29.9 Å². The first-order valence-electron chi connectivity index (χ1n) is 4.55. The highest BCUT2D eigenvalue weighted by atomic mass is 15.2. The van der Waals surface area contributed by atoms with Gasteiger partial charge in [0.05, 0.1) is 0 Å². The molecular formula is C7H10N10. The number of hydrogen-bond donors (Lipinski definition) is 4. The zero-order chi connectivity index (χ0) is 12.4. The van der Waals surface area contributed by atoms with Gasteiger partial charge in [-0.3, -0.25) is 4.98 Å². The number of aromatic nitrogens is 6. The Bertz CT molecular complexity index is 571. The fraction of sp³-hybridized carbons (Fsp3) is 0.143. The third kappa shape index (κ3) is 2.62. The number of nitrogen functional groups attached to an aromatic ring is 3. The SMILES string of the molecule is Cc1nc(N)[nH]/c(=N\c2nc(N)nc(N)n2)n1. The molecule has 0 spiro atoms. The van der Waals surface area contributed by atoms with E-state index in [4.69, 9.17) is 17.2 Å². The van der Waals surface area contributed by atoms with Crippen molar-refractivity contribution in [2.24, 2.45) is 4.99 Å². The van der Waals surface area contributed by atoms with E-state index in [-0.39, 0.29) is 29.4 Å². The smallest absolute Gasteiger partial charge is 0.259 e. The topological polar surface area (TPSA) is 171 Å². The maximum absolute atomic E-state index is 5.50. The van der Waals surface area contributed by atoms with Crippen LogP contribution in [0.4, 0.5) is 23.8 Å². The number of aromatic amines is 1. The highest BCUT2D eigenvalue weighted by molar-refractivity contribution is 5.33. The lowest BCUT2D eigenvalue weighted by Gasteiger charge is -1.97. The Balaban J connectivity index is 2.54. The van der Waals surface area contributed by atoms with E-state index in [2.05, 4.69) is 34.9 Å². The van der Waals surface area contributed by atoms with Crippen molar-refractivity contribution in [3.05, 3.63) is 11.4 Å². The van der Waals surface area contributed by atoms with Gasteiger partial charge in [-0.2, -0.15) is 29.9 Å². The van der Waals surface area contributed by atoms with Crippen molar-refractivity contribution in [1.82, 2.24) is 29.9 Å². The number of aryl methyl sites for hydroxylation is 1. The van der Waals surface area contributed by atoms with Crippen LogP contribution in [0.2, 0.25) is 0 Å². The van der Waals surface area contributed by atoms with E-state index in [1.165, 1.54) is 0 Å². The average Bonchev–Trinajstić information content (AvgIpc) is 2.13. The van der Waals surface area contributed by atoms with Crippen LogP contribution in [-0.2, 0) is 0 Å². The van der Waals surface area contributed by atoms with E-state index in [0.29, 0.717) is 5.82 Å². The second-order valence-corrected chi connectivity index (χ2v) is 3.07. The van der Waals surface area contributed by atoms with E-state index in [1.54, 1.807) is 6.92 Å². The molecule has 10 heteroatoms. The normalized spacial score (nSPS) is 11.7. The molecule has 0 amide bonds. The Labute approximate surface area is 95.1 Å². The second kappa shape index (κ2) is 4.00. The molecule has 0 aliphatic carbocycles. The lowest BCUT2D eigenvalue weighted by molar-refractivity contribution is 0.892. The maximum atomic E-state index is 5.50. The fourth-order valence-corrected chi connectivity index (χ4v) is 1.12. The minimum atomic E-state index is -0.0185. The molecule has 0 atom stereocenters. The third-order valence-electron chi connectivity index (χ3n) is 1.65. The Morgan fingerprint density at radius 3 is 2.18 bits per heavy atom. The number of anilines is 3. The molecule has 0 saturated carbocycles. The quantitative estimate of drug-likeness (QED) is 0.451. The number of hydrogen-bond acceptors (Lipinski definition) is 9. The standard InChI is InChI=1S/C7H10N10/c1-2-11-3(8)14-6(12-2)17-7-15-4(9)13-5(10)16-7/h1H3,(H7,8,9,10,11,12,13,14,15,16,17). The molecule has 0 unspecified atom stereocenters. The molecule has 0 fully saturated rings. The molecule has 2 aromatic rings. The van der Waals surface area contributed by atoms with Crippen LogP contribution in [0.1, 0.15) is 5.82 Å². The molecule has 88 valence electrons. The summed E-state index contributed by atoms with van der Waals surface area (Å²) < 4.78 is 0. The van der Waals surface area contributed by atoms with Crippen molar-refractivity contribution in [2.45, 2.75) is 6.92 Å². The number of nitrogens with one attached hydrogen (secondary N) is 1. The first-order chi connectivity index (χ1) is 8.02. The van der Waals surface area contributed by atoms with Gasteiger partial charge in [0.1, 0.15) is 5.82 Å². The van der Waals surface area contributed by atoms with Crippen LogP contribution in [0.25, 0.3) is 0 Å². The summed E-state index contributed by atoms with van der Waals surface area (Å²) in [6.07, 6.45) is 0. The summed E-state index contributed by atoms with van der Waals surface area (Å²) in [4.78, 5) is 25.6. The summed E-state index contributed by atoms with van der Waals surface area (Å²) >= 11 is 0. The molecular weight excluding hydrogens is 224 g/mol. The highest BCUT2D eigenvalue weighted by Crippen LogP contribution is 2.05. The maximum Gasteiger partial charge on any atom is 0.259 e. The summed E-state index contributed by atoms with van der Waals surface area (Å²) in [5.41, 5.74) is 16.5. The predicted molar refractivity (Wildman–Crippen MR) is 59.4 cm³/mol. The molecule has 0 saturated heterocycles. The van der Waals surface area contributed by atoms with E-state index in [1.807, 2.05) is 0 Å². The third-order valence-corrected chi connectivity index (χ3v) is 1.65. The molecule has 2 rings (SSSR count). The number of nitrogens with two attached hydrogens (primary N) is 3. The van der Waals surface area contributed by atoms with Gasteiger partial charge in [-0.15, -0.1) is 0 Å². The van der Waals surface area contributed by atoms with Crippen LogP contribution in [0.3, 0.4) is 0 Å². The van der Waals surface area contributed by atoms with E-state index >= 15 is 0 Å². The molecule has 0 bridgehead atoms. The van der Waals surface area contributed by atoms with Crippen molar-refractivity contribution in [3.8, 4) is 0 Å². The van der Waals surface area contributed by atoms with Crippen molar-refractivity contribution in [3.63, 3.8) is 0 Å². The minimum Gasteiger partial charge on any atom is -0.369 e. The van der Waals surface area contributed by atoms with Crippen LogP contribution in [0.15, 0.2) is 4.99 Å². The Kier molecular flexibility index (Phi) is 2.52. The molecule has 0 radical (unpaired) electrons. The van der Waals surface area contributed by atoms with E-state index < -0.39 is 0 Å². The van der Waals surface area contributed by atoms with Gasteiger partial charge in [0, 0.05) is 0 Å². The molecule has 2 heterocycles. The monoisotopic (exact) mass is 234 g/mol. The van der Waals surface area contributed by atoms with Gasteiger partial charge < -0.3 is 17.2 Å². The van der Waals surface area contributed by atoms with Gasteiger partial charge in [0.2, 0.25) is 23.5 Å². The fourth-order valence-electron chi connectivity index (χ4n) is 1.12. The Morgan fingerprint density at radius 2 is 1.59 bits per heavy atom. The largest absolute Gasteiger partial charge is 0.369 e. The van der Waals surface area contributed by atoms with Gasteiger partial charge in [0.25, 0.3) is 5.95 Å². The number of nitrogens with zero attached hydrogens (tertiary/aromatic N) is 6. The van der Waals surface area contributed by atoms with Gasteiger partial charge in [-0.1, -0.05) is 0 Å². The molecule has 0 aliphatic rings. The van der Waals surface area contributed by atoms with Gasteiger partial charge >= 0.3 is 0 Å². The molecule has 0 aromatic carbocycles. The summed E-state index contributed by atoms with van der Waals surface area (Å²) in [5, 5.41) is 0. The van der Waals surface area contributed by atoms with Crippen molar-refractivity contribution in [1.29, 1.82) is 0 Å². The number of H-pyrrole nitrogens is 1. The van der Waals surface area contributed by atoms with E-state index in [0.717, 1.165) is 0 Å². The molecule has 10 nitrogen and oxygen atoms in total. The Morgan fingerprint density at radius 1 is 0.941 bits per heavy atom. The Hall–Kier alpha value is -2.78. The first-order valence-corrected chi connectivity index (χ1v) is 4.55. The summed E-state index contributed by atoms with van der Waals surface area (Å²) in [6.45, 7) is 1.68. The summed E-state index contributed by atoms with van der Waals surface area (Å²) in [6, 6.07) is 0. The lowest BCUT2D eigenvalue weighted by atomic mass is 10.7. The molecule has 7 N–H and O–H groups in total. The lowest BCUT2D eigenvalue weighted by Crippen LogP contribution is -2.18. The van der Waals surface area contributed by atoms with Crippen molar-refractivity contribution < 1.29 is 0 Å². The van der Waals surface area contributed by atoms with Crippen LogP contribution in [0, 0.1) is 6.92 Å². The zero-order valence-corrected chi connectivity index (χ0v) is 8.92. The molecule has 0 aliphatic heterocycles. The van der Waals surface area contributed by atoms with E-state index in [9.17, 15) is 0 Å². The zero-order valence-electron chi connectivity index (χ0n) is 8.92. The summed E-state index contributed by atoms with van der Waals surface area (Å²) in [7, 11) is 0. The first kappa shape index (κ1) is 10.7. The predicted octanol–water partition coefficient (Wildman–Crippen LogP) is -1.72. The van der Waals surface area contributed by atoms with Crippen molar-refractivity contribution in [2.75, 3.05) is 17.2 Å². The summed E-state index contributed by atoms with van der Waals surface area (Å²) in [5.74, 6) is 0.662. The molecule has 2 aromatic heterocycles. The number of rotatable bonds is 1. The van der Waals surface area contributed by atoms with Gasteiger partial charge in [-0.25, -0.2) is 0 Å². The highest BCUT2D eigenvalue weighted by Gasteiger charge is 2.00. The van der Waals surface area contributed by atoms with Gasteiger partial charge in [-0.05, 0) is 6.92 Å². The average molecular weight is 234 g/mol.